The Balaban J connectivity index is 2.13. The van der Waals surface area contributed by atoms with Gasteiger partial charge in [-0.2, -0.15) is 0 Å². The number of hydrogen-bond acceptors (Lipinski definition) is 5. The number of carbonyl (C=O) groups is 2. The average Bonchev–Trinajstić information content (AvgIpc) is 2.93. The summed E-state index contributed by atoms with van der Waals surface area (Å²) in [5, 5.41) is 3.07. The lowest BCUT2D eigenvalue weighted by molar-refractivity contribution is -0.140. The van der Waals surface area contributed by atoms with E-state index in [0.29, 0.717) is 13.0 Å². The molecular formula is C29H34ClN3O5S. The summed E-state index contributed by atoms with van der Waals surface area (Å²) in [6, 6.07) is 19.2. The normalized spacial score (nSPS) is 11.9. The number of benzene rings is 3. The Kier molecular flexibility index (Phi) is 10.4. The van der Waals surface area contributed by atoms with Gasteiger partial charge in [-0.3, -0.25) is 13.9 Å². The van der Waals surface area contributed by atoms with Crippen LogP contribution in [0, 0.1) is 6.92 Å². The molecule has 0 aliphatic carbocycles. The van der Waals surface area contributed by atoms with Gasteiger partial charge in [0.1, 0.15) is 18.3 Å². The van der Waals surface area contributed by atoms with Gasteiger partial charge in [0, 0.05) is 18.1 Å². The second kappa shape index (κ2) is 13.5. The van der Waals surface area contributed by atoms with Crippen LogP contribution in [0.15, 0.2) is 77.7 Å². The summed E-state index contributed by atoms with van der Waals surface area (Å²) in [6.07, 6.45) is 0.343. The van der Waals surface area contributed by atoms with E-state index in [1.165, 1.54) is 30.2 Å². The minimum absolute atomic E-state index is 0.000972. The fraction of sp³-hybridized carbons (Fsp3) is 0.310. The van der Waals surface area contributed by atoms with Crippen molar-refractivity contribution in [2.45, 2.75) is 44.7 Å². The predicted octanol–water partition coefficient (Wildman–Crippen LogP) is 4.80. The van der Waals surface area contributed by atoms with Crippen LogP contribution in [0.2, 0.25) is 5.02 Å². The van der Waals surface area contributed by atoms with Crippen molar-refractivity contribution in [2.24, 2.45) is 0 Å². The van der Waals surface area contributed by atoms with Crippen LogP contribution >= 0.6 is 11.6 Å². The Hall–Kier alpha value is -3.56. The topological polar surface area (TPSA) is 96.0 Å². The summed E-state index contributed by atoms with van der Waals surface area (Å²) in [6.45, 7) is 5.50. The van der Waals surface area contributed by atoms with Gasteiger partial charge < -0.3 is 15.0 Å². The average molecular weight is 572 g/mol. The Morgan fingerprint density at radius 2 is 1.67 bits per heavy atom. The Labute approximate surface area is 235 Å². The number of rotatable bonds is 12. The maximum atomic E-state index is 14.1. The molecule has 0 aliphatic heterocycles. The Morgan fingerprint density at radius 1 is 1.00 bits per heavy atom. The molecule has 0 fully saturated rings. The van der Waals surface area contributed by atoms with Gasteiger partial charge in [0.25, 0.3) is 10.0 Å². The first kappa shape index (κ1) is 30.0. The third kappa shape index (κ3) is 7.10. The number of methoxy groups -OCH3 is 1. The van der Waals surface area contributed by atoms with Gasteiger partial charge in [0.05, 0.1) is 17.7 Å². The molecule has 208 valence electrons. The highest BCUT2D eigenvalue weighted by Gasteiger charge is 2.34. The molecule has 3 aromatic rings. The van der Waals surface area contributed by atoms with Crippen molar-refractivity contribution in [2.75, 3.05) is 24.5 Å². The lowest BCUT2D eigenvalue weighted by Gasteiger charge is -2.33. The number of carbonyl (C=O) groups excluding carboxylic acids is 2. The van der Waals surface area contributed by atoms with Gasteiger partial charge in [-0.1, -0.05) is 61.0 Å². The highest BCUT2D eigenvalue weighted by molar-refractivity contribution is 7.92. The van der Waals surface area contributed by atoms with Gasteiger partial charge in [-0.15, -0.1) is 0 Å². The standard InChI is InChI=1S/C29H34ClN3O5S/c1-5-25(29(35)31-6-2)32(19-22-13-11-10-12-21(22)3)28(34)20-33(26-18-23(30)16-17-27(26)38-4)39(36,37)24-14-8-7-9-15-24/h7-18,25H,5-6,19-20H2,1-4H3,(H,31,35). The number of nitrogens with zero attached hydrogens (tertiary/aromatic N) is 2. The monoisotopic (exact) mass is 571 g/mol. The lowest BCUT2D eigenvalue weighted by Crippen LogP contribution is -2.52. The number of sulfonamides is 1. The van der Waals surface area contributed by atoms with Crippen LogP contribution in [-0.4, -0.2) is 51.4 Å². The van der Waals surface area contributed by atoms with Crippen LogP contribution in [0.25, 0.3) is 0 Å². The van der Waals surface area contributed by atoms with E-state index >= 15 is 0 Å². The quantitative estimate of drug-likeness (QED) is 0.337. The fourth-order valence-corrected chi connectivity index (χ4v) is 5.88. The summed E-state index contributed by atoms with van der Waals surface area (Å²) in [7, 11) is -2.82. The second-order valence-electron chi connectivity index (χ2n) is 8.91. The zero-order valence-corrected chi connectivity index (χ0v) is 24.1. The third-order valence-corrected chi connectivity index (χ3v) is 8.37. The molecule has 0 aliphatic rings. The van der Waals surface area contributed by atoms with E-state index in [2.05, 4.69) is 5.32 Å². The predicted molar refractivity (Wildman–Crippen MR) is 153 cm³/mol. The maximum Gasteiger partial charge on any atom is 0.264 e. The molecule has 0 heterocycles. The molecule has 1 N–H and O–H groups in total. The molecule has 0 saturated carbocycles. The van der Waals surface area contributed by atoms with Crippen LogP contribution < -0.4 is 14.4 Å². The third-order valence-electron chi connectivity index (χ3n) is 6.36. The van der Waals surface area contributed by atoms with Gasteiger partial charge in [-0.25, -0.2) is 8.42 Å². The van der Waals surface area contributed by atoms with Gasteiger partial charge in [-0.05, 0) is 61.7 Å². The van der Waals surface area contributed by atoms with E-state index in [1.807, 2.05) is 38.1 Å². The highest BCUT2D eigenvalue weighted by Crippen LogP contribution is 2.35. The maximum absolute atomic E-state index is 14.1. The Bertz CT molecular complexity index is 1400. The lowest BCUT2D eigenvalue weighted by atomic mass is 10.1. The minimum Gasteiger partial charge on any atom is -0.495 e. The molecule has 8 nitrogen and oxygen atoms in total. The van der Waals surface area contributed by atoms with Crippen LogP contribution in [0.1, 0.15) is 31.4 Å². The molecular weight excluding hydrogens is 538 g/mol. The van der Waals surface area contributed by atoms with Crippen molar-refractivity contribution in [1.29, 1.82) is 0 Å². The molecule has 0 spiro atoms. The first-order chi connectivity index (χ1) is 18.6. The first-order valence-electron chi connectivity index (χ1n) is 12.7. The summed E-state index contributed by atoms with van der Waals surface area (Å²) in [5.74, 6) is -0.620. The van der Waals surface area contributed by atoms with Crippen LogP contribution in [0.5, 0.6) is 5.75 Å². The number of aryl methyl sites for hydroxylation is 1. The van der Waals surface area contributed by atoms with Crippen LogP contribution in [0.4, 0.5) is 5.69 Å². The number of likely N-dealkylation sites (N-methyl/N-ethyl adjacent to an activating group) is 1. The van der Waals surface area contributed by atoms with Gasteiger partial charge >= 0.3 is 0 Å². The largest absolute Gasteiger partial charge is 0.495 e. The zero-order valence-electron chi connectivity index (χ0n) is 22.6. The van der Waals surface area contributed by atoms with Crippen molar-refractivity contribution in [3.8, 4) is 5.75 Å². The molecule has 39 heavy (non-hydrogen) atoms. The van der Waals surface area contributed by atoms with Gasteiger partial charge in [0.15, 0.2) is 0 Å². The van der Waals surface area contributed by atoms with E-state index in [-0.39, 0.29) is 33.8 Å². The van der Waals surface area contributed by atoms with Crippen molar-refractivity contribution in [3.05, 3.63) is 88.9 Å². The molecule has 3 rings (SSSR count). The number of anilines is 1. The molecule has 0 aromatic heterocycles. The van der Waals surface area contributed by atoms with E-state index in [0.717, 1.165) is 15.4 Å². The van der Waals surface area contributed by atoms with E-state index in [4.69, 9.17) is 16.3 Å². The van der Waals surface area contributed by atoms with Crippen molar-refractivity contribution in [3.63, 3.8) is 0 Å². The number of halogens is 1. The number of amides is 2. The van der Waals surface area contributed by atoms with E-state index in [1.54, 1.807) is 37.3 Å². The minimum atomic E-state index is -4.23. The molecule has 2 amide bonds. The molecule has 0 radical (unpaired) electrons. The second-order valence-corrected chi connectivity index (χ2v) is 11.2. The van der Waals surface area contributed by atoms with Crippen LogP contribution in [-0.2, 0) is 26.2 Å². The molecule has 0 bridgehead atoms. The summed E-state index contributed by atoms with van der Waals surface area (Å²) < 4.78 is 34.3. The highest BCUT2D eigenvalue weighted by atomic mass is 35.5. The van der Waals surface area contributed by atoms with Crippen molar-refractivity contribution < 1.29 is 22.7 Å². The molecule has 10 heteroatoms. The molecule has 0 saturated heterocycles. The number of hydrogen-bond donors (Lipinski definition) is 1. The number of nitrogens with one attached hydrogen (secondary N) is 1. The van der Waals surface area contributed by atoms with Crippen LogP contribution in [0.3, 0.4) is 0 Å². The smallest absolute Gasteiger partial charge is 0.264 e. The van der Waals surface area contributed by atoms with E-state index < -0.39 is 28.5 Å². The first-order valence-corrected chi connectivity index (χ1v) is 14.5. The number of ether oxygens (including phenoxy) is 1. The summed E-state index contributed by atoms with van der Waals surface area (Å²) in [4.78, 5) is 28.6. The fourth-order valence-electron chi connectivity index (χ4n) is 4.27. The Morgan fingerprint density at radius 3 is 2.28 bits per heavy atom. The molecule has 3 aromatic carbocycles. The SMILES string of the molecule is CCNC(=O)C(CC)N(Cc1ccccc1C)C(=O)CN(c1cc(Cl)ccc1OC)S(=O)(=O)c1ccccc1. The van der Waals surface area contributed by atoms with Gasteiger partial charge in [0.2, 0.25) is 11.8 Å². The zero-order chi connectivity index (χ0) is 28.6. The molecule has 1 atom stereocenters. The summed E-state index contributed by atoms with van der Waals surface area (Å²) >= 11 is 6.26. The van der Waals surface area contributed by atoms with E-state index in [9.17, 15) is 18.0 Å². The molecule has 1 unspecified atom stereocenters. The summed E-state index contributed by atoms with van der Waals surface area (Å²) in [5.41, 5.74) is 1.92. The van der Waals surface area contributed by atoms with Crippen molar-refractivity contribution >= 4 is 39.1 Å². The van der Waals surface area contributed by atoms with Crippen molar-refractivity contribution in [1.82, 2.24) is 10.2 Å².